The number of carbonyl (C=O) groups excluding carboxylic acids is 1. The molecule has 0 atom stereocenters. The first-order chi connectivity index (χ1) is 10.6. The Hall–Kier alpha value is -2.49. The maximum Gasteiger partial charge on any atom is 0.230 e. The van der Waals surface area contributed by atoms with Gasteiger partial charge in [0.25, 0.3) is 0 Å². The summed E-state index contributed by atoms with van der Waals surface area (Å²) < 4.78 is 5.66. The van der Waals surface area contributed by atoms with Crippen molar-refractivity contribution in [2.45, 2.75) is 19.8 Å². The highest BCUT2D eigenvalue weighted by atomic mass is 16.5. The van der Waals surface area contributed by atoms with Crippen molar-refractivity contribution < 1.29 is 9.53 Å². The molecule has 0 saturated heterocycles. The van der Waals surface area contributed by atoms with Gasteiger partial charge in [-0.2, -0.15) is 0 Å². The predicted octanol–water partition coefficient (Wildman–Crippen LogP) is 2.94. The molecule has 0 aliphatic carbocycles. The fourth-order valence-electron chi connectivity index (χ4n) is 2.75. The van der Waals surface area contributed by atoms with Gasteiger partial charge in [0.15, 0.2) is 0 Å². The van der Waals surface area contributed by atoms with Crippen molar-refractivity contribution in [1.82, 2.24) is 0 Å². The fraction of sp³-hybridized carbons (Fsp3) is 0.278. The van der Waals surface area contributed by atoms with E-state index in [1.54, 1.807) is 0 Å². The molecule has 0 bridgehead atoms. The lowest BCUT2D eigenvalue weighted by atomic mass is 10.1. The molecule has 114 valence electrons. The van der Waals surface area contributed by atoms with E-state index in [1.807, 2.05) is 54.3 Å². The first-order valence-electron chi connectivity index (χ1n) is 7.52. The normalized spacial score (nSPS) is 13.0. The van der Waals surface area contributed by atoms with Gasteiger partial charge in [-0.05, 0) is 48.7 Å². The molecule has 4 nitrogen and oxygen atoms in total. The van der Waals surface area contributed by atoms with E-state index in [2.05, 4.69) is 0 Å². The van der Waals surface area contributed by atoms with E-state index in [1.165, 1.54) is 5.56 Å². The fourth-order valence-corrected chi connectivity index (χ4v) is 2.75. The second-order valence-corrected chi connectivity index (χ2v) is 5.60. The summed E-state index contributed by atoms with van der Waals surface area (Å²) in [5.74, 6) is 0.885. The summed E-state index contributed by atoms with van der Waals surface area (Å²) in [7, 11) is 0. The minimum Gasteiger partial charge on any atom is -0.493 e. The number of nitrogen functional groups attached to an aromatic ring is 1. The highest BCUT2D eigenvalue weighted by Gasteiger charge is 2.24. The molecule has 2 N–H and O–H groups in total. The van der Waals surface area contributed by atoms with Gasteiger partial charge in [0.05, 0.1) is 13.0 Å². The monoisotopic (exact) mass is 296 g/mol. The lowest BCUT2D eigenvalue weighted by molar-refractivity contribution is -0.119. The van der Waals surface area contributed by atoms with Gasteiger partial charge in [0, 0.05) is 17.9 Å². The Labute approximate surface area is 130 Å². The van der Waals surface area contributed by atoms with E-state index >= 15 is 0 Å². The van der Waals surface area contributed by atoms with E-state index in [9.17, 15) is 4.79 Å². The number of nitrogens with two attached hydrogens (primary N) is 1. The minimum absolute atomic E-state index is 0.0806. The zero-order chi connectivity index (χ0) is 15.5. The molecule has 0 unspecified atom stereocenters. The average Bonchev–Trinajstić information content (AvgIpc) is 2.90. The molecule has 22 heavy (non-hydrogen) atoms. The van der Waals surface area contributed by atoms with E-state index in [0.717, 1.165) is 30.0 Å². The smallest absolute Gasteiger partial charge is 0.230 e. The number of aryl methyl sites for hydroxylation is 1. The number of fused-ring (bicyclic) bond motifs is 1. The summed E-state index contributed by atoms with van der Waals surface area (Å²) in [5.41, 5.74) is 9.78. The van der Waals surface area contributed by atoms with Gasteiger partial charge in [0.1, 0.15) is 5.75 Å². The molecule has 3 rings (SSSR count). The molecule has 0 aromatic heterocycles. The van der Waals surface area contributed by atoms with Crippen LogP contribution in [0.1, 0.15) is 17.5 Å². The molecule has 2 aromatic rings. The zero-order valence-electron chi connectivity index (χ0n) is 12.7. The highest BCUT2D eigenvalue weighted by molar-refractivity contribution is 5.96. The number of rotatable bonds is 4. The number of nitrogens with zero attached hydrogens (tertiary/aromatic N) is 1. The van der Waals surface area contributed by atoms with E-state index in [0.29, 0.717) is 18.7 Å². The Bertz CT molecular complexity index is 697. The molecule has 1 aliphatic rings. The summed E-state index contributed by atoms with van der Waals surface area (Å²) in [6.07, 6.45) is 1.25. The third-order valence-corrected chi connectivity index (χ3v) is 3.88. The largest absolute Gasteiger partial charge is 0.493 e. The lowest BCUT2D eigenvalue weighted by Crippen LogP contribution is -2.30. The number of ether oxygens (including phenoxy) is 1. The molecule has 0 fully saturated rings. The van der Waals surface area contributed by atoms with Crippen LogP contribution in [0.2, 0.25) is 0 Å². The highest BCUT2D eigenvalue weighted by Crippen LogP contribution is 2.30. The van der Waals surface area contributed by atoms with E-state index in [-0.39, 0.29) is 5.91 Å². The van der Waals surface area contributed by atoms with Crippen LogP contribution in [0.4, 0.5) is 11.4 Å². The predicted molar refractivity (Wildman–Crippen MR) is 88.2 cm³/mol. The summed E-state index contributed by atoms with van der Waals surface area (Å²) in [5, 5.41) is 0. The van der Waals surface area contributed by atoms with Crippen molar-refractivity contribution >= 4 is 17.3 Å². The third-order valence-electron chi connectivity index (χ3n) is 3.88. The summed E-state index contributed by atoms with van der Waals surface area (Å²) in [6.45, 7) is 3.13. The van der Waals surface area contributed by atoms with Crippen LogP contribution >= 0.6 is 0 Å². The zero-order valence-corrected chi connectivity index (χ0v) is 12.7. The van der Waals surface area contributed by atoms with Gasteiger partial charge in [-0.15, -0.1) is 0 Å². The minimum atomic E-state index is 0.0806. The van der Waals surface area contributed by atoms with Crippen molar-refractivity contribution in [3.05, 3.63) is 53.6 Å². The average molecular weight is 296 g/mol. The van der Waals surface area contributed by atoms with Crippen LogP contribution in [0.25, 0.3) is 0 Å². The van der Waals surface area contributed by atoms with Crippen molar-refractivity contribution in [3.63, 3.8) is 0 Å². The third kappa shape index (κ3) is 3.06. The summed E-state index contributed by atoms with van der Waals surface area (Å²) >= 11 is 0. The molecule has 4 heteroatoms. The lowest BCUT2D eigenvalue weighted by Gasteiger charge is -2.18. The Morgan fingerprint density at radius 1 is 1.27 bits per heavy atom. The van der Waals surface area contributed by atoms with E-state index in [4.69, 9.17) is 10.5 Å². The Morgan fingerprint density at radius 3 is 2.95 bits per heavy atom. The van der Waals surface area contributed by atoms with Gasteiger partial charge < -0.3 is 15.4 Å². The quantitative estimate of drug-likeness (QED) is 0.883. The Balaban J connectivity index is 1.59. The molecule has 1 heterocycles. The molecular weight excluding hydrogens is 276 g/mol. The first-order valence-corrected chi connectivity index (χ1v) is 7.52. The molecular formula is C18H20N2O2. The number of anilines is 2. The van der Waals surface area contributed by atoms with Crippen LogP contribution < -0.4 is 15.4 Å². The van der Waals surface area contributed by atoms with Crippen molar-refractivity contribution in [3.8, 4) is 5.75 Å². The van der Waals surface area contributed by atoms with Gasteiger partial charge in [0.2, 0.25) is 5.91 Å². The number of carbonyl (C=O) groups is 1. The van der Waals surface area contributed by atoms with Crippen LogP contribution in [-0.2, 0) is 11.2 Å². The van der Waals surface area contributed by atoms with Crippen molar-refractivity contribution in [2.75, 3.05) is 23.8 Å². The van der Waals surface area contributed by atoms with Gasteiger partial charge in [-0.25, -0.2) is 0 Å². The first kappa shape index (κ1) is 14.4. The van der Waals surface area contributed by atoms with Gasteiger partial charge in [-0.3, -0.25) is 4.79 Å². The molecule has 0 radical (unpaired) electrons. The molecule has 2 aromatic carbocycles. The maximum absolute atomic E-state index is 12.4. The Morgan fingerprint density at radius 2 is 2.14 bits per heavy atom. The molecule has 0 spiro atoms. The maximum atomic E-state index is 12.4. The Kier molecular flexibility index (Phi) is 4.00. The van der Waals surface area contributed by atoms with Crippen LogP contribution in [0, 0.1) is 6.92 Å². The number of benzene rings is 2. The number of amides is 1. The SMILES string of the molecule is Cc1cccc(OCCC(=O)N2CCc3ccc(N)cc32)c1. The second-order valence-electron chi connectivity index (χ2n) is 5.60. The number of hydrogen-bond donors (Lipinski definition) is 1. The second kappa shape index (κ2) is 6.10. The summed E-state index contributed by atoms with van der Waals surface area (Å²) in [6, 6.07) is 13.6. The molecule has 1 aliphatic heterocycles. The van der Waals surface area contributed by atoms with Crippen LogP contribution in [0.15, 0.2) is 42.5 Å². The van der Waals surface area contributed by atoms with Crippen LogP contribution in [0.3, 0.4) is 0 Å². The van der Waals surface area contributed by atoms with E-state index < -0.39 is 0 Å². The van der Waals surface area contributed by atoms with Crippen LogP contribution in [-0.4, -0.2) is 19.1 Å². The summed E-state index contributed by atoms with van der Waals surface area (Å²) in [4.78, 5) is 14.2. The molecule has 0 saturated carbocycles. The van der Waals surface area contributed by atoms with Crippen molar-refractivity contribution in [2.24, 2.45) is 0 Å². The topological polar surface area (TPSA) is 55.6 Å². The van der Waals surface area contributed by atoms with Gasteiger partial charge in [-0.1, -0.05) is 18.2 Å². The molecule has 1 amide bonds. The van der Waals surface area contributed by atoms with Crippen LogP contribution in [0.5, 0.6) is 5.75 Å². The standard InChI is InChI=1S/C18H20N2O2/c1-13-3-2-4-16(11-13)22-10-8-18(21)20-9-7-14-5-6-15(19)12-17(14)20/h2-6,11-12H,7-10,19H2,1H3. The van der Waals surface area contributed by atoms with Gasteiger partial charge >= 0.3 is 0 Å². The van der Waals surface area contributed by atoms with Crippen molar-refractivity contribution in [1.29, 1.82) is 0 Å². The number of hydrogen-bond acceptors (Lipinski definition) is 3.